The second-order valence-corrected chi connectivity index (χ2v) is 6.80. The highest BCUT2D eigenvalue weighted by Gasteiger charge is 2.25. The van der Waals surface area contributed by atoms with Crippen LogP contribution in [0.2, 0.25) is 0 Å². The van der Waals surface area contributed by atoms with E-state index >= 15 is 0 Å². The molecule has 0 saturated carbocycles. The maximum absolute atomic E-state index is 14.7. The van der Waals surface area contributed by atoms with Gasteiger partial charge in [-0.2, -0.15) is 5.10 Å². The van der Waals surface area contributed by atoms with Crippen LogP contribution in [-0.2, 0) is 4.79 Å². The van der Waals surface area contributed by atoms with E-state index in [4.69, 9.17) is 4.74 Å². The van der Waals surface area contributed by atoms with Gasteiger partial charge in [0.15, 0.2) is 0 Å². The van der Waals surface area contributed by atoms with Gasteiger partial charge in [0.2, 0.25) is 5.91 Å². The van der Waals surface area contributed by atoms with Gasteiger partial charge in [0.05, 0.1) is 18.9 Å². The molecular formula is C17H23FN2O3. The summed E-state index contributed by atoms with van der Waals surface area (Å²) in [6, 6.07) is 3.32. The molecule has 0 bridgehead atoms. The molecule has 1 aliphatic heterocycles. The number of halogens is 1. The lowest BCUT2D eigenvalue weighted by Crippen LogP contribution is -2.32. The van der Waals surface area contributed by atoms with Crippen molar-refractivity contribution in [3.63, 3.8) is 0 Å². The summed E-state index contributed by atoms with van der Waals surface area (Å²) in [7, 11) is 0. The van der Waals surface area contributed by atoms with Crippen LogP contribution in [0.1, 0.15) is 38.3 Å². The Labute approximate surface area is 135 Å². The Balaban J connectivity index is 2.26. The fraction of sp³-hybridized carbons (Fsp3) is 0.529. The van der Waals surface area contributed by atoms with Gasteiger partial charge in [-0.15, -0.1) is 0 Å². The number of hydrazone groups is 1. The smallest absolute Gasteiger partial charge is 0.240 e. The van der Waals surface area contributed by atoms with Gasteiger partial charge in [-0.1, -0.05) is 20.8 Å². The van der Waals surface area contributed by atoms with Crippen LogP contribution in [0, 0.1) is 24.1 Å². The average molecular weight is 322 g/mol. The zero-order valence-corrected chi connectivity index (χ0v) is 13.9. The van der Waals surface area contributed by atoms with E-state index in [1.165, 1.54) is 0 Å². The number of nitrogens with zero attached hydrogens (tertiary/aromatic N) is 1. The molecule has 23 heavy (non-hydrogen) atoms. The van der Waals surface area contributed by atoms with Gasteiger partial charge in [0, 0.05) is 28.9 Å². The molecule has 1 unspecified atom stereocenters. The number of carbonyl (C=O) groups is 1. The summed E-state index contributed by atoms with van der Waals surface area (Å²) in [6.07, 6.45) is 0.292. The molecule has 5 nitrogen and oxygen atoms in total. The number of hydrogen-bond acceptors (Lipinski definition) is 4. The number of ether oxygens (including phenoxy) is 1. The minimum Gasteiger partial charge on any atom is -0.493 e. The van der Waals surface area contributed by atoms with Crippen molar-refractivity contribution < 1.29 is 19.0 Å². The monoisotopic (exact) mass is 322 g/mol. The Hall–Kier alpha value is -1.95. The minimum atomic E-state index is -0.397. The number of rotatable bonds is 5. The van der Waals surface area contributed by atoms with E-state index in [-0.39, 0.29) is 25.0 Å². The summed E-state index contributed by atoms with van der Waals surface area (Å²) >= 11 is 0. The molecule has 1 aromatic carbocycles. The van der Waals surface area contributed by atoms with Gasteiger partial charge in [0.1, 0.15) is 11.6 Å². The van der Waals surface area contributed by atoms with Gasteiger partial charge >= 0.3 is 0 Å². The number of nitrogens with one attached hydrogen (secondary N) is 1. The second-order valence-electron chi connectivity index (χ2n) is 6.80. The van der Waals surface area contributed by atoms with Crippen LogP contribution in [0.15, 0.2) is 17.2 Å². The van der Waals surface area contributed by atoms with Crippen molar-refractivity contribution in [3.8, 4) is 5.75 Å². The van der Waals surface area contributed by atoms with Crippen LogP contribution in [0.3, 0.4) is 0 Å². The van der Waals surface area contributed by atoms with Crippen molar-refractivity contribution in [3.05, 3.63) is 29.1 Å². The molecule has 0 fully saturated rings. The summed E-state index contributed by atoms with van der Waals surface area (Å²) in [4.78, 5) is 11.3. The Bertz CT molecular complexity index is 641. The van der Waals surface area contributed by atoms with E-state index in [2.05, 4.69) is 10.5 Å². The van der Waals surface area contributed by atoms with E-state index in [1.54, 1.807) is 19.1 Å². The molecule has 0 aromatic heterocycles. The number of aliphatic hydroxyl groups excluding tert-OH is 1. The lowest BCUT2D eigenvalue weighted by atomic mass is 9.92. The van der Waals surface area contributed by atoms with Crippen LogP contribution < -0.4 is 10.2 Å². The van der Waals surface area contributed by atoms with Gasteiger partial charge < -0.3 is 9.84 Å². The molecule has 126 valence electrons. The first-order chi connectivity index (χ1) is 10.7. The summed E-state index contributed by atoms with van der Waals surface area (Å²) in [6.45, 7) is 7.51. The first-order valence-corrected chi connectivity index (χ1v) is 7.64. The fourth-order valence-corrected chi connectivity index (χ4v) is 2.32. The maximum Gasteiger partial charge on any atom is 0.240 e. The minimum absolute atomic E-state index is 0.0133. The van der Waals surface area contributed by atoms with Crippen molar-refractivity contribution in [2.45, 2.75) is 34.1 Å². The topological polar surface area (TPSA) is 70.9 Å². The predicted octanol–water partition coefficient (Wildman–Crippen LogP) is 2.39. The van der Waals surface area contributed by atoms with Crippen molar-refractivity contribution in [2.75, 3.05) is 13.2 Å². The largest absolute Gasteiger partial charge is 0.493 e. The fourth-order valence-electron chi connectivity index (χ4n) is 2.32. The lowest BCUT2D eigenvalue weighted by Gasteiger charge is -2.24. The summed E-state index contributed by atoms with van der Waals surface area (Å²) in [5.41, 5.74) is 3.31. The molecule has 1 heterocycles. The quantitative estimate of drug-likeness (QED) is 0.874. The maximum atomic E-state index is 14.7. The van der Waals surface area contributed by atoms with E-state index in [0.29, 0.717) is 29.0 Å². The van der Waals surface area contributed by atoms with Crippen LogP contribution in [0.25, 0.3) is 0 Å². The molecular weight excluding hydrogens is 299 g/mol. The number of hydrogen-bond donors (Lipinski definition) is 2. The van der Waals surface area contributed by atoms with E-state index in [1.807, 2.05) is 20.8 Å². The molecule has 0 aliphatic carbocycles. The number of amides is 1. The van der Waals surface area contributed by atoms with Gasteiger partial charge in [-0.25, -0.2) is 9.82 Å². The van der Waals surface area contributed by atoms with Gasteiger partial charge in [-0.05, 0) is 19.1 Å². The molecule has 1 amide bonds. The number of carbonyl (C=O) groups excluding carboxylic acids is 1. The third-order valence-corrected chi connectivity index (χ3v) is 3.92. The third kappa shape index (κ3) is 3.88. The summed E-state index contributed by atoms with van der Waals surface area (Å²) in [5, 5.41) is 13.3. The van der Waals surface area contributed by atoms with Crippen molar-refractivity contribution in [2.24, 2.45) is 16.4 Å². The molecule has 6 heteroatoms. The summed E-state index contributed by atoms with van der Waals surface area (Å²) < 4.78 is 20.3. The van der Waals surface area contributed by atoms with Gasteiger partial charge in [-0.3, -0.25) is 4.79 Å². The lowest BCUT2D eigenvalue weighted by molar-refractivity contribution is -0.121. The van der Waals surface area contributed by atoms with Crippen LogP contribution >= 0.6 is 0 Å². The number of aliphatic hydroxyl groups is 1. The first-order valence-electron chi connectivity index (χ1n) is 7.64. The van der Waals surface area contributed by atoms with E-state index < -0.39 is 11.2 Å². The molecule has 1 atom stereocenters. The molecule has 0 radical (unpaired) electrons. The summed E-state index contributed by atoms with van der Waals surface area (Å²) in [5.74, 6) is -0.255. The van der Waals surface area contributed by atoms with Gasteiger partial charge in [0.25, 0.3) is 0 Å². The van der Waals surface area contributed by atoms with E-state index in [9.17, 15) is 14.3 Å². The Kier molecular flexibility index (Phi) is 5.04. The Morgan fingerprint density at radius 2 is 2.17 bits per heavy atom. The Morgan fingerprint density at radius 3 is 2.78 bits per heavy atom. The predicted molar refractivity (Wildman–Crippen MR) is 86.0 cm³/mol. The highest BCUT2D eigenvalue weighted by atomic mass is 19.1. The normalized spacial score (nSPS) is 18.4. The Morgan fingerprint density at radius 1 is 1.48 bits per heavy atom. The zero-order chi connectivity index (χ0) is 17.2. The van der Waals surface area contributed by atoms with Crippen molar-refractivity contribution >= 4 is 11.6 Å². The molecule has 1 aromatic rings. The SMILES string of the molecule is Cc1c(OCC(C)(C)CO)ccc(C2=NNC(=O)CC2C)c1F. The van der Waals surface area contributed by atoms with Crippen molar-refractivity contribution in [1.82, 2.24) is 5.43 Å². The molecule has 0 saturated heterocycles. The van der Waals surface area contributed by atoms with Crippen molar-refractivity contribution in [1.29, 1.82) is 0 Å². The molecule has 2 rings (SSSR count). The second kappa shape index (κ2) is 6.66. The van der Waals surface area contributed by atoms with Crippen LogP contribution in [0.5, 0.6) is 5.75 Å². The highest BCUT2D eigenvalue weighted by Crippen LogP contribution is 2.28. The molecule has 1 aliphatic rings. The average Bonchev–Trinajstić information content (AvgIpc) is 2.50. The molecule has 0 spiro atoms. The van der Waals surface area contributed by atoms with Crippen LogP contribution in [-0.4, -0.2) is 29.9 Å². The van der Waals surface area contributed by atoms with E-state index in [0.717, 1.165) is 0 Å². The zero-order valence-electron chi connectivity index (χ0n) is 13.9. The first kappa shape index (κ1) is 17.4. The third-order valence-electron chi connectivity index (χ3n) is 3.92. The molecule has 2 N–H and O–H groups in total. The standard InChI is InChI=1S/C17H23FN2O3/c1-10-7-14(22)19-20-16(10)12-5-6-13(11(2)15(12)18)23-9-17(3,4)8-21/h5-6,10,21H,7-9H2,1-4H3,(H,19,22). The van der Waals surface area contributed by atoms with Crippen LogP contribution in [0.4, 0.5) is 4.39 Å². The number of benzene rings is 1. The highest BCUT2D eigenvalue weighted by molar-refractivity contribution is 6.06.